The normalized spacial score (nSPS) is 12.6. The second-order valence-electron chi connectivity index (χ2n) is 8.00. The molecule has 0 fully saturated rings. The third-order valence-electron chi connectivity index (χ3n) is 5.83. The van der Waals surface area contributed by atoms with Gasteiger partial charge in [-0.05, 0) is 42.9 Å². The summed E-state index contributed by atoms with van der Waals surface area (Å²) in [6, 6.07) is 5.71. The van der Waals surface area contributed by atoms with E-state index in [-0.39, 0.29) is 17.6 Å². The summed E-state index contributed by atoms with van der Waals surface area (Å²) in [5, 5.41) is 0. The summed E-state index contributed by atoms with van der Waals surface area (Å²) in [4.78, 5) is 27.0. The number of nitrogens with two attached hydrogens (primary N) is 1. The zero-order valence-electron chi connectivity index (χ0n) is 19.0. The molecule has 0 aliphatic carbocycles. The Morgan fingerprint density at radius 3 is 2.17 bits per heavy atom. The minimum absolute atomic E-state index is 0.00294. The number of halogens is 6. The van der Waals surface area contributed by atoms with Crippen LogP contribution in [-0.2, 0) is 25.4 Å². The number of benzene rings is 2. The van der Waals surface area contributed by atoms with Crippen LogP contribution in [0.5, 0.6) is 0 Å². The first kappa shape index (κ1) is 26.3. The molecule has 1 amide bonds. The molecule has 0 aliphatic rings. The lowest BCUT2D eigenvalue weighted by molar-refractivity contribution is -0.138. The van der Waals surface area contributed by atoms with E-state index in [1.54, 1.807) is 0 Å². The molecule has 6 nitrogen and oxygen atoms in total. The van der Waals surface area contributed by atoms with Crippen molar-refractivity contribution in [2.45, 2.75) is 39.3 Å². The van der Waals surface area contributed by atoms with Gasteiger partial charge >= 0.3 is 18.0 Å². The van der Waals surface area contributed by atoms with E-state index < -0.39 is 52.7 Å². The molecule has 0 saturated carbocycles. The fourth-order valence-corrected chi connectivity index (χ4v) is 3.98. The van der Waals surface area contributed by atoms with Crippen molar-refractivity contribution in [1.29, 1.82) is 0 Å². The summed E-state index contributed by atoms with van der Waals surface area (Å²) in [6.07, 6.45) is -9.62. The molecule has 0 bridgehead atoms. The van der Waals surface area contributed by atoms with Crippen molar-refractivity contribution in [3.8, 4) is 0 Å². The molecule has 0 aliphatic heterocycles. The zero-order chi connectivity index (χ0) is 26.1. The average molecular weight is 502 g/mol. The number of amides is 1. The van der Waals surface area contributed by atoms with Crippen molar-refractivity contribution in [1.82, 2.24) is 14.0 Å². The Morgan fingerprint density at radius 1 is 0.971 bits per heavy atom. The van der Waals surface area contributed by atoms with Crippen LogP contribution in [0.25, 0.3) is 11.0 Å². The minimum atomic E-state index is -4.96. The van der Waals surface area contributed by atoms with Crippen LogP contribution in [0.2, 0.25) is 0 Å². The number of likely N-dealkylation sites (N-methyl/N-ethyl adjacent to an activating group) is 1. The highest BCUT2D eigenvalue weighted by molar-refractivity contribution is 5.97. The Hall–Kier alpha value is -3.28. The van der Waals surface area contributed by atoms with Gasteiger partial charge in [0.25, 0.3) is 0 Å². The Bertz CT molecular complexity index is 1290. The monoisotopic (exact) mass is 502 g/mol. The number of primary amides is 1. The van der Waals surface area contributed by atoms with Crippen LogP contribution < -0.4 is 11.4 Å². The number of fused-ring (bicyclic) bond motifs is 1. The SMILES string of the molecule is CCN(CC)CCn1c(=O)n(Cc2cccc(C(F)(F)F)c2)c2c(C(F)(F)F)cc(C(N)=O)cc21. The van der Waals surface area contributed by atoms with Gasteiger partial charge < -0.3 is 10.6 Å². The Kier molecular flexibility index (Phi) is 7.34. The quantitative estimate of drug-likeness (QED) is 0.466. The van der Waals surface area contributed by atoms with Crippen molar-refractivity contribution in [3.05, 3.63) is 69.1 Å². The number of aromatic nitrogens is 2. The second kappa shape index (κ2) is 9.76. The van der Waals surface area contributed by atoms with Crippen LogP contribution in [0.15, 0.2) is 41.2 Å². The number of imidazole rings is 1. The third-order valence-corrected chi connectivity index (χ3v) is 5.83. The Balaban J connectivity index is 2.28. The lowest BCUT2D eigenvalue weighted by Gasteiger charge is -2.18. The maximum Gasteiger partial charge on any atom is 0.418 e. The highest BCUT2D eigenvalue weighted by atomic mass is 19.4. The van der Waals surface area contributed by atoms with E-state index in [0.29, 0.717) is 25.7 Å². The van der Waals surface area contributed by atoms with Crippen LogP contribution in [0, 0.1) is 0 Å². The number of carbonyl (C=O) groups is 1. The highest BCUT2D eigenvalue weighted by Crippen LogP contribution is 2.36. The number of nitrogens with zero attached hydrogens (tertiary/aromatic N) is 3. The van der Waals surface area contributed by atoms with Gasteiger partial charge in [-0.1, -0.05) is 26.0 Å². The van der Waals surface area contributed by atoms with E-state index in [1.165, 1.54) is 6.07 Å². The summed E-state index contributed by atoms with van der Waals surface area (Å²) in [7, 11) is 0. The van der Waals surface area contributed by atoms with Crippen molar-refractivity contribution in [3.63, 3.8) is 0 Å². The van der Waals surface area contributed by atoms with Crippen LogP contribution in [0.3, 0.4) is 0 Å². The maximum absolute atomic E-state index is 14.0. The molecule has 0 atom stereocenters. The van der Waals surface area contributed by atoms with E-state index in [2.05, 4.69) is 0 Å². The van der Waals surface area contributed by atoms with Gasteiger partial charge in [0.1, 0.15) is 0 Å². The van der Waals surface area contributed by atoms with E-state index in [0.717, 1.165) is 33.4 Å². The molecule has 190 valence electrons. The van der Waals surface area contributed by atoms with Gasteiger partial charge in [0, 0.05) is 18.7 Å². The summed E-state index contributed by atoms with van der Waals surface area (Å²) in [6.45, 7) is 4.84. The van der Waals surface area contributed by atoms with Gasteiger partial charge in [0.15, 0.2) is 0 Å². The lowest BCUT2D eigenvalue weighted by atomic mass is 10.1. The molecule has 0 spiro atoms. The molecule has 0 saturated heterocycles. The molecule has 3 aromatic rings. The predicted molar refractivity (Wildman–Crippen MR) is 118 cm³/mol. The molecule has 0 radical (unpaired) electrons. The second-order valence-corrected chi connectivity index (χ2v) is 8.00. The zero-order valence-corrected chi connectivity index (χ0v) is 19.0. The molecule has 1 heterocycles. The molecule has 0 unspecified atom stereocenters. The molecule has 2 N–H and O–H groups in total. The summed E-state index contributed by atoms with van der Waals surface area (Å²) >= 11 is 0. The van der Waals surface area contributed by atoms with Crippen LogP contribution >= 0.6 is 0 Å². The number of rotatable bonds is 8. The number of hydrogen-bond donors (Lipinski definition) is 1. The number of alkyl halides is 6. The third kappa shape index (κ3) is 5.53. The number of carbonyl (C=O) groups excluding carboxylic acids is 1. The van der Waals surface area contributed by atoms with Crippen LogP contribution in [-0.4, -0.2) is 39.6 Å². The molecule has 3 rings (SSSR count). The maximum atomic E-state index is 14.0. The largest absolute Gasteiger partial charge is 0.418 e. The highest BCUT2D eigenvalue weighted by Gasteiger charge is 2.37. The van der Waals surface area contributed by atoms with Gasteiger partial charge in [-0.2, -0.15) is 26.3 Å². The topological polar surface area (TPSA) is 73.3 Å². The van der Waals surface area contributed by atoms with Gasteiger partial charge in [-0.15, -0.1) is 0 Å². The van der Waals surface area contributed by atoms with E-state index in [4.69, 9.17) is 5.73 Å². The fraction of sp³-hybridized carbons (Fsp3) is 0.391. The molecule has 12 heteroatoms. The van der Waals surface area contributed by atoms with Crippen LogP contribution in [0.1, 0.15) is 40.9 Å². The van der Waals surface area contributed by atoms with Gasteiger partial charge in [-0.3, -0.25) is 13.9 Å². The smallest absolute Gasteiger partial charge is 0.366 e. The van der Waals surface area contributed by atoms with E-state index >= 15 is 0 Å². The van der Waals surface area contributed by atoms with Crippen molar-refractivity contribution >= 4 is 16.9 Å². The summed E-state index contributed by atoms with van der Waals surface area (Å²) < 4.78 is 83.5. The summed E-state index contributed by atoms with van der Waals surface area (Å²) in [5.74, 6) is -1.11. The fourth-order valence-electron chi connectivity index (χ4n) is 3.98. The lowest BCUT2D eigenvalue weighted by Crippen LogP contribution is -2.32. The minimum Gasteiger partial charge on any atom is -0.366 e. The predicted octanol–water partition coefficient (Wildman–Crippen LogP) is 4.33. The van der Waals surface area contributed by atoms with Crippen molar-refractivity contribution < 1.29 is 31.1 Å². The average Bonchev–Trinajstić information content (AvgIpc) is 3.03. The standard InChI is InChI=1S/C23H24F6N4O2/c1-3-31(4-2)8-9-32-18-12-15(20(30)34)11-17(23(27,28)29)19(18)33(21(32)35)13-14-6-5-7-16(10-14)22(24,25)26/h5-7,10-12H,3-4,8-9,13H2,1-2H3,(H2,30,34). The first-order chi connectivity index (χ1) is 16.3. The first-order valence-corrected chi connectivity index (χ1v) is 10.8. The first-order valence-electron chi connectivity index (χ1n) is 10.8. The molecule has 35 heavy (non-hydrogen) atoms. The van der Waals surface area contributed by atoms with E-state index in [9.17, 15) is 35.9 Å². The molecule has 2 aromatic carbocycles. The molecular weight excluding hydrogens is 478 g/mol. The Labute approximate surface area is 196 Å². The molecular formula is C23H24F6N4O2. The van der Waals surface area contributed by atoms with Gasteiger partial charge in [0.2, 0.25) is 5.91 Å². The molecule has 1 aromatic heterocycles. The van der Waals surface area contributed by atoms with Gasteiger partial charge in [-0.25, -0.2) is 4.79 Å². The Morgan fingerprint density at radius 2 is 1.63 bits per heavy atom. The van der Waals surface area contributed by atoms with Gasteiger partial charge in [0.05, 0.1) is 28.7 Å². The van der Waals surface area contributed by atoms with Crippen molar-refractivity contribution in [2.75, 3.05) is 19.6 Å². The van der Waals surface area contributed by atoms with E-state index in [1.807, 2.05) is 18.7 Å². The number of hydrogen-bond acceptors (Lipinski definition) is 3. The summed E-state index contributed by atoms with van der Waals surface area (Å²) in [5.41, 5.74) is 1.02. The van der Waals surface area contributed by atoms with Crippen LogP contribution in [0.4, 0.5) is 26.3 Å². The van der Waals surface area contributed by atoms with Crippen molar-refractivity contribution in [2.24, 2.45) is 5.73 Å².